The van der Waals surface area contributed by atoms with Crippen molar-refractivity contribution in [2.75, 3.05) is 17.6 Å². The molecule has 2 rings (SSSR count). The lowest BCUT2D eigenvalue weighted by molar-refractivity contribution is 0.603. The number of nitrogens with zero attached hydrogens (tertiary/aromatic N) is 3. The third-order valence-corrected chi connectivity index (χ3v) is 3.18. The molecule has 2 aromatic rings. The van der Waals surface area contributed by atoms with Crippen LogP contribution in [0.4, 0.5) is 11.5 Å². The fourth-order valence-electron chi connectivity index (χ4n) is 2.03. The van der Waals surface area contributed by atoms with E-state index < -0.39 is 11.2 Å². The topological polar surface area (TPSA) is 111 Å². The van der Waals surface area contributed by atoms with Gasteiger partial charge < -0.3 is 11.1 Å². The molecule has 0 atom stereocenters. The van der Waals surface area contributed by atoms with Crippen molar-refractivity contribution in [1.82, 2.24) is 19.3 Å². The highest BCUT2D eigenvalue weighted by molar-refractivity contribution is 5.60. The summed E-state index contributed by atoms with van der Waals surface area (Å²) in [5, 5.41) is 7.04. The first-order chi connectivity index (χ1) is 10.1. The van der Waals surface area contributed by atoms with Gasteiger partial charge in [0.25, 0.3) is 5.56 Å². The highest BCUT2D eigenvalue weighted by Gasteiger charge is 2.11. The molecule has 0 spiro atoms. The summed E-state index contributed by atoms with van der Waals surface area (Å²) in [5.41, 5.74) is 5.21. The van der Waals surface area contributed by atoms with Crippen LogP contribution in [0, 0.1) is 0 Å². The number of H-pyrrole nitrogens is 1. The van der Waals surface area contributed by atoms with Gasteiger partial charge in [-0.2, -0.15) is 5.10 Å². The molecular weight excluding hydrogens is 272 g/mol. The number of nitrogens with two attached hydrogens (primary N) is 1. The largest absolute Gasteiger partial charge is 0.383 e. The van der Waals surface area contributed by atoms with E-state index in [0.29, 0.717) is 19.6 Å². The summed E-state index contributed by atoms with van der Waals surface area (Å²) in [6.45, 7) is 3.60. The van der Waals surface area contributed by atoms with E-state index in [9.17, 15) is 9.59 Å². The average Bonchev–Trinajstić information content (AvgIpc) is 2.95. The number of hydrogen-bond donors (Lipinski definition) is 3. The fraction of sp³-hybridized carbons (Fsp3) is 0.462. The Kier molecular flexibility index (Phi) is 4.81. The molecule has 8 nitrogen and oxygen atoms in total. The van der Waals surface area contributed by atoms with Gasteiger partial charge in [-0.25, -0.2) is 4.79 Å². The molecule has 0 aliphatic carbocycles. The average molecular weight is 292 g/mol. The van der Waals surface area contributed by atoms with Crippen LogP contribution in [-0.2, 0) is 13.1 Å². The maximum absolute atomic E-state index is 11.8. The van der Waals surface area contributed by atoms with Crippen molar-refractivity contribution in [2.24, 2.45) is 0 Å². The van der Waals surface area contributed by atoms with Crippen LogP contribution in [0.3, 0.4) is 0 Å². The second-order valence-corrected chi connectivity index (χ2v) is 4.72. The molecule has 21 heavy (non-hydrogen) atoms. The van der Waals surface area contributed by atoms with Gasteiger partial charge in [0.2, 0.25) is 0 Å². The van der Waals surface area contributed by atoms with Crippen molar-refractivity contribution in [3.63, 3.8) is 0 Å². The highest BCUT2D eigenvalue weighted by Crippen LogP contribution is 2.10. The number of rotatable bonds is 7. The molecule has 0 bridgehead atoms. The summed E-state index contributed by atoms with van der Waals surface area (Å²) in [7, 11) is 0. The molecule has 8 heteroatoms. The zero-order chi connectivity index (χ0) is 15.2. The lowest BCUT2D eigenvalue weighted by Crippen LogP contribution is -2.34. The van der Waals surface area contributed by atoms with Crippen molar-refractivity contribution in [3.05, 3.63) is 39.3 Å². The monoisotopic (exact) mass is 292 g/mol. The Morgan fingerprint density at radius 3 is 2.86 bits per heavy atom. The molecule has 2 heterocycles. The number of unbranched alkanes of at least 4 members (excludes halogenated alkanes) is 1. The first-order valence-electron chi connectivity index (χ1n) is 6.97. The number of hydrogen-bond acceptors (Lipinski definition) is 5. The molecule has 0 radical (unpaired) electrons. The van der Waals surface area contributed by atoms with Crippen LogP contribution in [0.5, 0.6) is 0 Å². The minimum absolute atomic E-state index is 0.178. The Balaban J connectivity index is 2.14. The summed E-state index contributed by atoms with van der Waals surface area (Å²) < 4.78 is 3.13. The summed E-state index contributed by atoms with van der Waals surface area (Å²) in [5.74, 6) is 0.178. The lowest BCUT2D eigenvalue weighted by atomic mass is 10.3. The van der Waals surface area contributed by atoms with Gasteiger partial charge in [0.05, 0.1) is 6.54 Å². The molecule has 114 valence electrons. The SMILES string of the molecule is CCCCn1c(N)c(NCCn2cccn2)c(=O)[nH]c1=O. The molecule has 2 aromatic heterocycles. The van der Waals surface area contributed by atoms with Gasteiger partial charge >= 0.3 is 5.69 Å². The van der Waals surface area contributed by atoms with Crippen molar-refractivity contribution in [3.8, 4) is 0 Å². The van der Waals surface area contributed by atoms with Crippen LogP contribution in [0.25, 0.3) is 0 Å². The van der Waals surface area contributed by atoms with Gasteiger partial charge in [0.15, 0.2) is 0 Å². The Morgan fingerprint density at radius 2 is 2.19 bits per heavy atom. The van der Waals surface area contributed by atoms with Crippen molar-refractivity contribution < 1.29 is 0 Å². The number of nitrogen functional groups attached to an aromatic ring is 1. The predicted molar refractivity (Wildman–Crippen MR) is 81.4 cm³/mol. The van der Waals surface area contributed by atoms with Crippen LogP contribution < -0.4 is 22.3 Å². The van der Waals surface area contributed by atoms with Crippen LogP contribution in [0.2, 0.25) is 0 Å². The van der Waals surface area contributed by atoms with Gasteiger partial charge in [-0.1, -0.05) is 13.3 Å². The molecule has 0 aliphatic heterocycles. The number of anilines is 2. The molecule has 0 saturated carbocycles. The quantitative estimate of drug-likeness (QED) is 0.676. The summed E-state index contributed by atoms with van der Waals surface area (Å²) in [4.78, 5) is 25.9. The Morgan fingerprint density at radius 1 is 1.38 bits per heavy atom. The van der Waals surface area contributed by atoms with Gasteiger partial charge in [0, 0.05) is 25.5 Å². The van der Waals surface area contributed by atoms with E-state index in [1.807, 2.05) is 19.2 Å². The third kappa shape index (κ3) is 3.53. The predicted octanol–water partition coefficient (Wildman–Crippen LogP) is 0.228. The van der Waals surface area contributed by atoms with E-state index in [1.54, 1.807) is 10.9 Å². The lowest BCUT2D eigenvalue weighted by Gasteiger charge is -2.13. The molecular formula is C13H20N6O2. The second-order valence-electron chi connectivity index (χ2n) is 4.72. The molecule has 0 fully saturated rings. The molecule has 0 aromatic carbocycles. The third-order valence-electron chi connectivity index (χ3n) is 3.18. The van der Waals surface area contributed by atoms with E-state index in [0.717, 1.165) is 12.8 Å². The van der Waals surface area contributed by atoms with Crippen molar-refractivity contribution in [2.45, 2.75) is 32.9 Å². The first-order valence-corrected chi connectivity index (χ1v) is 6.97. The normalized spacial score (nSPS) is 10.7. The molecule has 0 unspecified atom stereocenters. The second kappa shape index (κ2) is 6.78. The zero-order valence-electron chi connectivity index (χ0n) is 12.0. The molecule has 0 saturated heterocycles. The van der Waals surface area contributed by atoms with E-state index in [2.05, 4.69) is 15.4 Å². The van der Waals surface area contributed by atoms with Gasteiger partial charge in [0.1, 0.15) is 11.5 Å². The smallest absolute Gasteiger partial charge is 0.330 e. The van der Waals surface area contributed by atoms with E-state index in [-0.39, 0.29) is 11.5 Å². The Hall–Kier alpha value is -2.51. The van der Waals surface area contributed by atoms with Crippen LogP contribution in [0.15, 0.2) is 28.0 Å². The summed E-state index contributed by atoms with van der Waals surface area (Å²) >= 11 is 0. The summed E-state index contributed by atoms with van der Waals surface area (Å²) in [6, 6.07) is 1.83. The maximum atomic E-state index is 11.8. The van der Waals surface area contributed by atoms with Crippen LogP contribution >= 0.6 is 0 Å². The van der Waals surface area contributed by atoms with E-state index in [4.69, 9.17) is 5.73 Å². The van der Waals surface area contributed by atoms with E-state index in [1.165, 1.54) is 4.57 Å². The Labute approximate surface area is 121 Å². The number of aromatic nitrogens is 4. The highest BCUT2D eigenvalue weighted by atomic mass is 16.2. The molecule has 0 amide bonds. The van der Waals surface area contributed by atoms with Crippen LogP contribution in [-0.4, -0.2) is 25.9 Å². The van der Waals surface area contributed by atoms with Crippen molar-refractivity contribution >= 4 is 11.5 Å². The van der Waals surface area contributed by atoms with E-state index >= 15 is 0 Å². The van der Waals surface area contributed by atoms with Crippen LogP contribution in [0.1, 0.15) is 19.8 Å². The standard InChI is InChI=1S/C13H20N6O2/c1-2-3-8-19-11(14)10(12(20)17-13(19)21)15-6-9-18-7-4-5-16-18/h4-5,7,15H,2-3,6,8-9,14H2,1H3,(H,17,20,21). The maximum Gasteiger partial charge on any atom is 0.330 e. The fourth-order valence-corrected chi connectivity index (χ4v) is 2.03. The zero-order valence-corrected chi connectivity index (χ0v) is 12.0. The number of nitrogens with one attached hydrogen (secondary N) is 2. The minimum Gasteiger partial charge on any atom is -0.383 e. The van der Waals surface area contributed by atoms with Gasteiger partial charge in [-0.05, 0) is 12.5 Å². The molecule has 0 aliphatic rings. The Bertz CT molecular complexity index is 686. The number of aromatic amines is 1. The van der Waals surface area contributed by atoms with Gasteiger partial charge in [-0.15, -0.1) is 0 Å². The minimum atomic E-state index is -0.495. The van der Waals surface area contributed by atoms with Gasteiger partial charge in [-0.3, -0.25) is 19.0 Å². The molecule has 4 N–H and O–H groups in total. The summed E-state index contributed by atoms with van der Waals surface area (Å²) in [6.07, 6.45) is 5.28. The van der Waals surface area contributed by atoms with Crippen molar-refractivity contribution in [1.29, 1.82) is 0 Å². The first kappa shape index (κ1) is 14.9.